The van der Waals surface area contributed by atoms with Crippen LogP contribution in [-0.2, 0) is 32.3 Å². The molecular formula is C42H59BrN6O6P2. The smallest absolute Gasteiger partial charge is 0.255 e. The lowest BCUT2D eigenvalue weighted by molar-refractivity contribution is -0.142. The third-order valence-electron chi connectivity index (χ3n) is 11.0. The molecular weight excluding hydrogens is 826 g/mol. The molecule has 6 heterocycles. The van der Waals surface area contributed by atoms with Gasteiger partial charge in [0.2, 0.25) is 17.7 Å². The molecule has 3 saturated heterocycles. The summed E-state index contributed by atoms with van der Waals surface area (Å²) in [4.78, 5) is 75.3. The number of carbonyl (C=O) groups is 6. The molecule has 0 aromatic heterocycles. The maximum absolute atomic E-state index is 12.9. The van der Waals surface area contributed by atoms with Crippen LogP contribution in [0, 0.1) is 6.92 Å². The number of imide groups is 2. The summed E-state index contributed by atoms with van der Waals surface area (Å²) in [6, 6.07) is 11.3. The first kappa shape index (κ1) is 46.4. The predicted molar refractivity (Wildman–Crippen MR) is 233 cm³/mol. The number of nitrogens with one attached hydrogen (secondary N) is 2. The zero-order valence-corrected chi connectivity index (χ0v) is 38.1. The van der Waals surface area contributed by atoms with Crippen molar-refractivity contribution in [3.05, 3.63) is 80.3 Å². The molecule has 2 aromatic rings. The van der Waals surface area contributed by atoms with Crippen LogP contribution in [0.15, 0.2) is 47.0 Å². The fourth-order valence-corrected chi connectivity index (χ4v) is 8.50. The first-order valence-corrected chi connectivity index (χ1v) is 21.9. The Kier molecular flexibility index (Phi) is 17.1. The van der Waals surface area contributed by atoms with Crippen LogP contribution in [0.4, 0.5) is 0 Å². The largest absolute Gasteiger partial charge is 0.322 e. The molecule has 0 radical (unpaired) electrons. The van der Waals surface area contributed by atoms with Crippen molar-refractivity contribution >= 4 is 70.2 Å². The average Bonchev–Trinajstić information content (AvgIpc) is 3.72. The summed E-state index contributed by atoms with van der Waals surface area (Å²) in [6.07, 6.45) is 6.90. The summed E-state index contributed by atoms with van der Waals surface area (Å²) in [7, 11) is 5.45. The maximum Gasteiger partial charge on any atom is 0.255 e. The Morgan fingerprint density at radius 1 is 0.737 bits per heavy atom. The number of halogens is 1. The molecule has 6 amide bonds. The molecule has 6 aliphatic heterocycles. The van der Waals surface area contributed by atoms with Crippen molar-refractivity contribution in [2.45, 2.75) is 117 Å². The second kappa shape index (κ2) is 21.1. The Labute approximate surface area is 350 Å². The summed E-state index contributed by atoms with van der Waals surface area (Å²) in [5.74, 6) is -0.979. The van der Waals surface area contributed by atoms with Crippen LogP contribution in [0.5, 0.6) is 0 Å². The van der Waals surface area contributed by atoms with Gasteiger partial charge in [-0.3, -0.25) is 48.7 Å². The van der Waals surface area contributed by atoms with Crippen LogP contribution < -0.4 is 10.6 Å². The van der Waals surface area contributed by atoms with Gasteiger partial charge in [0.1, 0.15) is 11.6 Å². The lowest BCUT2D eigenvalue weighted by atomic mass is 9.88. The minimum atomic E-state index is -0.963. The standard InChI is InChI=1S/C19H24N3O3P.C14H14N2O3.C5H9BrNP.2C2H6/c1-19(7-4-16(23)20-18(19)25)22-11-14-10-13(2-3-15(14)17(22)24)12-5-8-21(26)9-6-12;1-8-2-3-10-9(6-8)7-16(14(10)19)11-4-5-12(17)15-13(11)18;6-5-1-3-7(8)4-2-5;2*1-2/h2-3,10,12H,4-9,11,26H2,1H3,(H,20,23,25);2-3,6,11H,4-5,7H2,1H3,(H,15,17,18);1H,2-4,8H2;2*1-2H3. The Bertz CT molecular complexity index is 1870. The Morgan fingerprint density at radius 3 is 1.98 bits per heavy atom. The molecule has 0 spiro atoms. The van der Waals surface area contributed by atoms with Gasteiger partial charge < -0.3 is 9.80 Å². The van der Waals surface area contributed by atoms with E-state index >= 15 is 0 Å². The van der Waals surface area contributed by atoms with E-state index in [1.54, 1.807) is 22.8 Å². The molecule has 57 heavy (non-hydrogen) atoms. The SMILES string of the molecule is CC.CC.CC1(N2Cc3cc(C4CCN(P)CC4)ccc3C2=O)CCC(=O)NC1=O.Cc1ccc2c(c1)CN(C1CCC(=O)NC1=O)C2=O.PN1CC=C(Br)CC1. The van der Waals surface area contributed by atoms with Crippen LogP contribution in [0.1, 0.15) is 128 Å². The normalized spacial score (nSPS) is 23.5. The van der Waals surface area contributed by atoms with Crippen molar-refractivity contribution in [2.24, 2.45) is 0 Å². The van der Waals surface area contributed by atoms with E-state index in [4.69, 9.17) is 0 Å². The number of aryl methyl sites for hydroxylation is 1. The number of hydrogen-bond acceptors (Lipinski definition) is 8. The minimum absolute atomic E-state index is 0.113. The second-order valence-corrected chi connectivity index (χ2v) is 17.2. The predicted octanol–water partition coefficient (Wildman–Crippen LogP) is 6.38. The van der Waals surface area contributed by atoms with E-state index in [9.17, 15) is 28.8 Å². The third kappa shape index (κ3) is 11.2. The van der Waals surface area contributed by atoms with Crippen LogP contribution in [-0.4, -0.2) is 92.3 Å². The highest BCUT2D eigenvalue weighted by Gasteiger charge is 2.48. The summed E-state index contributed by atoms with van der Waals surface area (Å²) in [5.41, 5.74) is 4.70. The molecule has 15 heteroatoms. The molecule has 0 aliphatic carbocycles. The summed E-state index contributed by atoms with van der Waals surface area (Å²) < 4.78 is 5.82. The van der Waals surface area contributed by atoms with E-state index in [1.807, 2.05) is 52.8 Å². The zero-order chi connectivity index (χ0) is 42.0. The summed E-state index contributed by atoms with van der Waals surface area (Å²) in [5, 5.41) is 4.68. The van der Waals surface area contributed by atoms with Gasteiger partial charge in [-0.2, -0.15) is 0 Å². The molecule has 4 unspecified atom stereocenters. The number of piperidine rings is 3. The van der Waals surface area contributed by atoms with Crippen LogP contribution in [0.2, 0.25) is 0 Å². The quantitative estimate of drug-likeness (QED) is 0.268. The molecule has 12 nitrogen and oxygen atoms in total. The Morgan fingerprint density at radius 2 is 1.37 bits per heavy atom. The number of amides is 6. The Balaban J connectivity index is 0.000000203. The second-order valence-electron chi connectivity index (χ2n) is 14.7. The van der Waals surface area contributed by atoms with Gasteiger partial charge in [-0.15, -0.1) is 0 Å². The molecule has 2 N–H and O–H groups in total. The van der Waals surface area contributed by atoms with E-state index < -0.39 is 11.6 Å². The van der Waals surface area contributed by atoms with Crippen LogP contribution >= 0.6 is 34.7 Å². The van der Waals surface area contributed by atoms with E-state index in [1.165, 1.54) is 10.0 Å². The van der Waals surface area contributed by atoms with Gasteiger partial charge in [-0.1, -0.05) is 98.3 Å². The van der Waals surface area contributed by atoms with Gasteiger partial charge in [0.15, 0.2) is 0 Å². The molecule has 4 atom stereocenters. The third-order valence-corrected chi connectivity index (χ3v) is 12.7. The van der Waals surface area contributed by atoms with Gasteiger partial charge >= 0.3 is 0 Å². The first-order valence-electron chi connectivity index (χ1n) is 20.1. The number of benzene rings is 2. The highest BCUT2D eigenvalue weighted by molar-refractivity contribution is 9.11. The van der Waals surface area contributed by atoms with Crippen molar-refractivity contribution in [3.8, 4) is 0 Å². The van der Waals surface area contributed by atoms with Gasteiger partial charge in [0.05, 0.1) is 0 Å². The first-order chi connectivity index (χ1) is 27.2. The summed E-state index contributed by atoms with van der Waals surface area (Å²) >= 11 is 3.44. The van der Waals surface area contributed by atoms with Gasteiger partial charge in [-0.05, 0) is 85.2 Å². The molecule has 2 aromatic carbocycles. The zero-order valence-electron chi connectivity index (χ0n) is 34.2. The van der Waals surface area contributed by atoms with Gasteiger partial charge in [-0.25, -0.2) is 0 Å². The van der Waals surface area contributed by atoms with E-state index in [0.29, 0.717) is 43.0 Å². The topological polar surface area (TPSA) is 139 Å². The van der Waals surface area contributed by atoms with Crippen molar-refractivity contribution in [1.29, 1.82) is 0 Å². The van der Waals surface area contributed by atoms with Gasteiger partial charge in [0.25, 0.3) is 17.7 Å². The highest BCUT2D eigenvalue weighted by atomic mass is 79.9. The van der Waals surface area contributed by atoms with Crippen LogP contribution in [0.25, 0.3) is 0 Å². The van der Waals surface area contributed by atoms with Crippen molar-refractivity contribution in [2.75, 3.05) is 26.2 Å². The molecule has 3 fully saturated rings. The van der Waals surface area contributed by atoms with E-state index in [2.05, 4.69) is 72.9 Å². The van der Waals surface area contributed by atoms with E-state index in [0.717, 1.165) is 62.1 Å². The molecule has 6 aliphatic rings. The minimum Gasteiger partial charge on any atom is -0.322 e. The molecule has 0 saturated carbocycles. The molecule has 310 valence electrons. The summed E-state index contributed by atoms with van der Waals surface area (Å²) in [6.45, 7) is 16.9. The average molecular weight is 886 g/mol. The van der Waals surface area contributed by atoms with Crippen LogP contribution in [0.3, 0.4) is 0 Å². The van der Waals surface area contributed by atoms with Crippen molar-refractivity contribution < 1.29 is 28.8 Å². The fourth-order valence-electron chi connectivity index (χ4n) is 7.64. The number of nitrogens with zero attached hydrogens (tertiary/aromatic N) is 4. The number of hydrogen-bond donors (Lipinski definition) is 2. The van der Waals surface area contributed by atoms with E-state index in [-0.39, 0.29) is 48.3 Å². The molecule has 8 rings (SSSR count). The van der Waals surface area contributed by atoms with Crippen molar-refractivity contribution in [3.63, 3.8) is 0 Å². The van der Waals surface area contributed by atoms with Gasteiger partial charge in [0, 0.05) is 63.2 Å². The lowest BCUT2D eigenvalue weighted by Crippen LogP contribution is -2.61. The lowest BCUT2D eigenvalue weighted by Gasteiger charge is -2.39. The van der Waals surface area contributed by atoms with Crippen molar-refractivity contribution in [1.82, 2.24) is 29.8 Å². The highest BCUT2D eigenvalue weighted by Crippen LogP contribution is 2.37. The number of rotatable bonds is 3. The number of fused-ring (bicyclic) bond motifs is 2. The number of carbonyl (C=O) groups excluding carboxylic acids is 6. The fraction of sp³-hybridized carbons (Fsp3) is 0.524. The monoisotopic (exact) mass is 884 g/mol. The Hall–Kier alpha value is -3.34. The molecule has 0 bridgehead atoms. The maximum atomic E-state index is 12.9.